The summed E-state index contributed by atoms with van der Waals surface area (Å²) in [4.78, 5) is 2.64. The first-order valence-corrected chi connectivity index (χ1v) is 8.20. The summed E-state index contributed by atoms with van der Waals surface area (Å²) >= 11 is 0. The number of hydrogen-bond acceptors (Lipinski definition) is 2. The van der Waals surface area contributed by atoms with E-state index in [1.54, 1.807) is 0 Å². The number of benzene rings is 1. The minimum atomic E-state index is 0.727. The van der Waals surface area contributed by atoms with Gasteiger partial charge in [0.2, 0.25) is 0 Å². The lowest BCUT2D eigenvalue weighted by molar-refractivity contribution is 0.149. The molecule has 0 spiro atoms. The second kappa shape index (κ2) is 7.80. The van der Waals surface area contributed by atoms with Crippen LogP contribution in [0.25, 0.3) is 0 Å². The molecule has 0 saturated carbocycles. The Hall–Kier alpha value is -0.860. The molecule has 0 aliphatic carbocycles. The number of nitrogens with zero attached hydrogens (tertiary/aromatic N) is 1. The van der Waals surface area contributed by atoms with Gasteiger partial charge >= 0.3 is 0 Å². The maximum atomic E-state index is 3.70. The van der Waals surface area contributed by atoms with Crippen LogP contribution in [-0.2, 0) is 6.42 Å². The Kier molecular flexibility index (Phi) is 6.06. The lowest BCUT2D eigenvalue weighted by Gasteiger charge is -2.37. The van der Waals surface area contributed by atoms with Crippen LogP contribution in [0.3, 0.4) is 0 Å². The molecule has 2 unspecified atom stereocenters. The zero-order chi connectivity index (χ0) is 14.4. The highest BCUT2D eigenvalue weighted by Crippen LogP contribution is 2.17. The predicted octanol–water partition coefficient (Wildman–Crippen LogP) is 3.25. The van der Waals surface area contributed by atoms with E-state index in [-0.39, 0.29) is 0 Å². The molecular weight excluding hydrogens is 244 g/mol. The van der Waals surface area contributed by atoms with Gasteiger partial charge in [0.25, 0.3) is 0 Å². The van der Waals surface area contributed by atoms with Crippen molar-refractivity contribution < 1.29 is 0 Å². The smallest absolute Gasteiger partial charge is 0.0117 e. The number of piperidine rings is 1. The highest BCUT2D eigenvalue weighted by atomic mass is 15.1. The van der Waals surface area contributed by atoms with E-state index in [2.05, 4.69) is 55.3 Å². The predicted molar refractivity (Wildman–Crippen MR) is 87.2 cm³/mol. The van der Waals surface area contributed by atoms with Gasteiger partial charge in [0.1, 0.15) is 0 Å². The molecule has 1 aromatic rings. The van der Waals surface area contributed by atoms with Crippen LogP contribution >= 0.6 is 0 Å². The number of likely N-dealkylation sites (tertiary alicyclic amines) is 1. The van der Waals surface area contributed by atoms with E-state index in [1.165, 1.54) is 50.0 Å². The van der Waals surface area contributed by atoms with Gasteiger partial charge in [0.15, 0.2) is 0 Å². The van der Waals surface area contributed by atoms with Gasteiger partial charge in [-0.2, -0.15) is 0 Å². The fourth-order valence-corrected chi connectivity index (χ4v) is 3.22. The van der Waals surface area contributed by atoms with Crippen molar-refractivity contribution in [3.63, 3.8) is 0 Å². The number of nitrogens with one attached hydrogen (secondary N) is 1. The summed E-state index contributed by atoms with van der Waals surface area (Å²) < 4.78 is 0. The number of rotatable bonds is 6. The maximum Gasteiger partial charge on any atom is 0.0117 e. The number of hydrogen-bond donors (Lipinski definition) is 1. The average Bonchev–Trinajstić information content (AvgIpc) is 2.44. The topological polar surface area (TPSA) is 15.3 Å². The molecule has 20 heavy (non-hydrogen) atoms. The lowest BCUT2D eigenvalue weighted by Crippen LogP contribution is -2.48. The molecule has 0 amide bonds. The van der Waals surface area contributed by atoms with Crippen molar-refractivity contribution in [2.45, 2.75) is 46.1 Å². The molecule has 1 N–H and O–H groups in total. The van der Waals surface area contributed by atoms with E-state index in [9.17, 15) is 0 Å². The Morgan fingerprint density at radius 2 is 2.20 bits per heavy atom. The fraction of sp³-hybridized carbons (Fsp3) is 0.667. The Labute approximate surface area is 124 Å². The Bertz CT molecular complexity index is 402. The normalized spacial score (nSPS) is 23.9. The molecule has 2 heteroatoms. The van der Waals surface area contributed by atoms with Gasteiger partial charge in [-0.15, -0.1) is 0 Å². The molecule has 1 aliphatic rings. The van der Waals surface area contributed by atoms with Crippen molar-refractivity contribution in [2.24, 2.45) is 5.92 Å². The first kappa shape index (κ1) is 15.5. The van der Waals surface area contributed by atoms with Crippen molar-refractivity contribution in [1.82, 2.24) is 10.2 Å². The quantitative estimate of drug-likeness (QED) is 0.856. The van der Waals surface area contributed by atoms with E-state index in [0.717, 1.165) is 18.5 Å². The third kappa shape index (κ3) is 4.60. The maximum absolute atomic E-state index is 3.70. The first-order valence-electron chi connectivity index (χ1n) is 8.20. The summed E-state index contributed by atoms with van der Waals surface area (Å²) in [6.07, 6.45) is 3.72. The van der Waals surface area contributed by atoms with Crippen molar-refractivity contribution in [2.75, 3.05) is 26.2 Å². The zero-order valence-corrected chi connectivity index (χ0v) is 13.4. The van der Waals surface area contributed by atoms with Gasteiger partial charge in [0, 0.05) is 19.1 Å². The van der Waals surface area contributed by atoms with Crippen LogP contribution in [0.15, 0.2) is 24.3 Å². The van der Waals surface area contributed by atoms with Crippen molar-refractivity contribution in [3.8, 4) is 0 Å². The minimum absolute atomic E-state index is 0.727. The van der Waals surface area contributed by atoms with Crippen LogP contribution < -0.4 is 5.32 Å². The largest absolute Gasteiger partial charge is 0.314 e. The van der Waals surface area contributed by atoms with E-state index in [0.29, 0.717) is 0 Å². The summed E-state index contributed by atoms with van der Waals surface area (Å²) in [5.41, 5.74) is 2.85. The summed E-state index contributed by atoms with van der Waals surface area (Å²) in [5, 5.41) is 3.70. The SMILES string of the molecule is CCCNC1CCN(CCc2cccc(C)c2)CC1C. The molecule has 2 atom stereocenters. The van der Waals surface area contributed by atoms with Crippen molar-refractivity contribution >= 4 is 0 Å². The molecule has 0 radical (unpaired) electrons. The second-order valence-electron chi connectivity index (χ2n) is 6.37. The Balaban J connectivity index is 1.75. The van der Waals surface area contributed by atoms with Crippen molar-refractivity contribution in [3.05, 3.63) is 35.4 Å². The first-order chi connectivity index (χ1) is 9.69. The third-order valence-corrected chi connectivity index (χ3v) is 4.45. The lowest BCUT2D eigenvalue weighted by atomic mass is 9.93. The van der Waals surface area contributed by atoms with E-state index in [4.69, 9.17) is 0 Å². The molecule has 2 rings (SSSR count). The monoisotopic (exact) mass is 274 g/mol. The molecule has 1 saturated heterocycles. The molecule has 1 aromatic carbocycles. The molecule has 1 heterocycles. The Morgan fingerprint density at radius 1 is 1.35 bits per heavy atom. The van der Waals surface area contributed by atoms with Crippen LogP contribution in [-0.4, -0.2) is 37.1 Å². The van der Waals surface area contributed by atoms with Crippen molar-refractivity contribution in [1.29, 1.82) is 0 Å². The zero-order valence-electron chi connectivity index (χ0n) is 13.4. The van der Waals surface area contributed by atoms with Gasteiger partial charge in [-0.25, -0.2) is 0 Å². The average molecular weight is 274 g/mol. The van der Waals surface area contributed by atoms with Gasteiger partial charge in [0.05, 0.1) is 0 Å². The molecule has 0 aromatic heterocycles. The van der Waals surface area contributed by atoms with Gasteiger partial charge in [-0.3, -0.25) is 0 Å². The van der Waals surface area contributed by atoms with Crippen LogP contribution in [0, 0.1) is 12.8 Å². The molecule has 1 fully saturated rings. The Morgan fingerprint density at radius 3 is 2.90 bits per heavy atom. The van der Waals surface area contributed by atoms with E-state index < -0.39 is 0 Å². The number of aryl methyl sites for hydroxylation is 1. The van der Waals surface area contributed by atoms with Crippen LogP contribution in [0.2, 0.25) is 0 Å². The van der Waals surface area contributed by atoms with Crippen LogP contribution in [0.4, 0.5) is 0 Å². The summed E-state index contributed by atoms with van der Waals surface area (Å²) in [6, 6.07) is 9.65. The molecule has 2 nitrogen and oxygen atoms in total. The minimum Gasteiger partial charge on any atom is -0.314 e. The molecular formula is C18H30N2. The molecule has 0 bridgehead atoms. The van der Waals surface area contributed by atoms with Crippen LogP contribution in [0.1, 0.15) is 37.8 Å². The van der Waals surface area contributed by atoms with Gasteiger partial charge in [-0.1, -0.05) is 43.7 Å². The molecule has 1 aliphatic heterocycles. The van der Waals surface area contributed by atoms with Gasteiger partial charge < -0.3 is 10.2 Å². The van der Waals surface area contributed by atoms with Crippen LogP contribution in [0.5, 0.6) is 0 Å². The van der Waals surface area contributed by atoms with Gasteiger partial charge in [-0.05, 0) is 50.8 Å². The van der Waals surface area contributed by atoms with E-state index >= 15 is 0 Å². The summed E-state index contributed by atoms with van der Waals surface area (Å²) in [5.74, 6) is 0.771. The fourth-order valence-electron chi connectivity index (χ4n) is 3.22. The van der Waals surface area contributed by atoms with E-state index in [1.807, 2.05) is 0 Å². The molecule has 112 valence electrons. The summed E-state index contributed by atoms with van der Waals surface area (Å²) in [6.45, 7) is 11.7. The third-order valence-electron chi connectivity index (χ3n) is 4.45. The summed E-state index contributed by atoms with van der Waals surface area (Å²) in [7, 11) is 0. The standard InChI is InChI=1S/C18H30N2/c1-4-10-19-18-9-12-20(14-16(18)3)11-8-17-7-5-6-15(2)13-17/h5-7,13,16,18-19H,4,8-12,14H2,1-3H3. The second-order valence-corrected chi connectivity index (χ2v) is 6.37. The highest BCUT2D eigenvalue weighted by Gasteiger charge is 2.24. The highest BCUT2D eigenvalue weighted by molar-refractivity contribution is 5.22.